The van der Waals surface area contributed by atoms with Gasteiger partial charge < -0.3 is 10.4 Å². The highest BCUT2D eigenvalue weighted by Gasteiger charge is 2.26. The predicted octanol–water partition coefficient (Wildman–Crippen LogP) is 1.17. The Kier molecular flexibility index (Phi) is 5.51. The molecule has 1 fully saturated rings. The molecule has 1 amide bonds. The normalized spacial score (nSPS) is 21.1. The third-order valence-electron chi connectivity index (χ3n) is 3.67. The van der Waals surface area contributed by atoms with Gasteiger partial charge in [-0.2, -0.15) is 0 Å². The van der Waals surface area contributed by atoms with E-state index in [1.165, 1.54) is 6.42 Å². The average Bonchev–Trinajstić information content (AvgIpc) is 3.00. The van der Waals surface area contributed by atoms with Crippen LogP contribution < -0.4 is 5.32 Å². The maximum absolute atomic E-state index is 11.3. The number of rotatable bonds is 6. The van der Waals surface area contributed by atoms with Gasteiger partial charge in [-0.3, -0.25) is 9.69 Å². The molecule has 0 aromatic carbocycles. The van der Waals surface area contributed by atoms with E-state index in [0.29, 0.717) is 12.5 Å². The molecule has 2 rings (SSSR count). The van der Waals surface area contributed by atoms with E-state index < -0.39 is 0 Å². The SMILES string of the molecule is CNC(=O)Cc1nc(CN2CCCC2CC(C)O)cs1. The molecule has 1 aliphatic heterocycles. The number of aliphatic hydroxyl groups excluding tert-OH is 1. The van der Waals surface area contributed by atoms with Crippen LogP contribution in [0.5, 0.6) is 0 Å². The molecular formula is C14H23N3O2S. The minimum absolute atomic E-state index is 0.000876. The van der Waals surface area contributed by atoms with Crippen molar-refractivity contribution < 1.29 is 9.90 Å². The van der Waals surface area contributed by atoms with E-state index in [9.17, 15) is 9.90 Å². The fourth-order valence-corrected chi connectivity index (χ4v) is 3.48. The zero-order valence-corrected chi connectivity index (χ0v) is 12.9. The van der Waals surface area contributed by atoms with E-state index in [1.54, 1.807) is 18.4 Å². The highest BCUT2D eigenvalue weighted by molar-refractivity contribution is 7.09. The van der Waals surface area contributed by atoms with E-state index in [2.05, 4.69) is 15.2 Å². The molecule has 2 heterocycles. The molecule has 6 heteroatoms. The van der Waals surface area contributed by atoms with Gasteiger partial charge in [-0.1, -0.05) is 0 Å². The summed E-state index contributed by atoms with van der Waals surface area (Å²) < 4.78 is 0. The lowest BCUT2D eigenvalue weighted by atomic mass is 10.1. The number of likely N-dealkylation sites (N-methyl/N-ethyl adjacent to an activating group) is 1. The monoisotopic (exact) mass is 297 g/mol. The first kappa shape index (κ1) is 15.4. The number of amides is 1. The maximum Gasteiger partial charge on any atom is 0.226 e. The Balaban J connectivity index is 1.91. The lowest BCUT2D eigenvalue weighted by Gasteiger charge is -2.24. The van der Waals surface area contributed by atoms with Crippen molar-refractivity contribution in [3.8, 4) is 0 Å². The van der Waals surface area contributed by atoms with Gasteiger partial charge in [0.2, 0.25) is 5.91 Å². The zero-order chi connectivity index (χ0) is 14.5. The number of hydrogen-bond acceptors (Lipinski definition) is 5. The summed E-state index contributed by atoms with van der Waals surface area (Å²) in [6, 6.07) is 0.457. The van der Waals surface area contributed by atoms with Gasteiger partial charge in [-0.05, 0) is 32.7 Å². The number of thiazole rings is 1. The van der Waals surface area contributed by atoms with Crippen LogP contribution in [0, 0.1) is 0 Å². The molecule has 0 saturated carbocycles. The second-order valence-corrected chi connectivity index (χ2v) is 6.38. The topological polar surface area (TPSA) is 65.5 Å². The largest absolute Gasteiger partial charge is 0.393 e. The number of aromatic nitrogens is 1. The van der Waals surface area contributed by atoms with Gasteiger partial charge in [0, 0.05) is 25.0 Å². The summed E-state index contributed by atoms with van der Waals surface area (Å²) in [5.74, 6) is -0.000876. The molecule has 0 radical (unpaired) electrons. The fourth-order valence-electron chi connectivity index (χ4n) is 2.70. The van der Waals surface area contributed by atoms with Crippen molar-refractivity contribution in [2.45, 2.75) is 51.3 Å². The van der Waals surface area contributed by atoms with Crippen molar-refractivity contribution in [2.24, 2.45) is 0 Å². The molecule has 0 aliphatic carbocycles. The molecule has 2 atom stereocenters. The van der Waals surface area contributed by atoms with Crippen LogP contribution in [-0.2, 0) is 17.8 Å². The molecule has 1 aromatic rings. The smallest absolute Gasteiger partial charge is 0.226 e. The van der Waals surface area contributed by atoms with Crippen molar-refractivity contribution >= 4 is 17.2 Å². The molecule has 0 spiro atoms. The Labute approximate surface area is 124 Å². The van der Waals surface area contributed by atoms with Crippen molar-refractivity contribution in [2.75, 3.05) is 13.6 Å². The first-order valence-corrected chi connectivity index (χ1v) is 8.02. The summed E-state index contributed by atoms with van der Waals surface area (Å²) in [6.07, 6.45) is 3.28. The highest BCUT2D eigenvalue weighted by Crippen LogP contribution is 2.24. The molecule has 20 heavy (non-hydrogen) atoms. The Morgan fingerprint density at radius 1 is 1.70 bits per heavy atom. The number of carbonyl (C=O) groups excluding carboxylic acids is 1. The summed E-state index contributed by atoms with van der Waals surface area (Å²) in [5.41, 5.74) is 1.03. The maximum atomic E-state index is 11.3. The number of aliphatic hydroxyl groups is 1. The van der Waals surface area contributed by atoms with Gasteiger partial charge in [0.1, 0.15) is 5.01 Å². The molecule has 0 bridgehead atoms. The second-order valence-electron chi connectivity index (χ2n) is 5.43. The van der Waals surface area contributed by atoms with Gasteiger partial charge in [0.05, 0.1) is 18.2 Å². The van der Waals surface area contributed by atoms with Crippen LogP contribution in [0.1, 0.15) is 36.9 Å². The van der Waals surface area contributed by atoms with E-state index in [4.69, 9.17) is 0 Å². The van der Waals surface area contributed by atoms with Gasteiger partial charge in [-0.25, -0.2) is 4.98 Å². The second kappa shape index (κ2) is 7.15. The zero-order valence-electron chi connectivity index (χ0n) is 12.1. The van der Waals surface area contributed by atoms with Crippen LogP contribution in [0.4, 0.5) is 0 Å². The Morgan fingerprint density at radius 2 is 2.50 bits per heavy atom. The standard InChI is InChI=1S/C14H23N3O2S/c1-10(18)6-12-4-3-5-17(12)8-11-9-20-14(16-11)7-13(19)15-2/h9-10,12,18H,3-8H2,1-2H3,(H,15,19). The fraction of sp³-hybridized carbons (Fsp3) is 0.714. The van der Waals surface area contributed by atoms with Crippen molar-refractivity contribution in [3.63, 3.8) is 0 Å². The van der Waals surface area contributed by atoms with Gasteiger partial charge >= 0.3 is 0 Å². The molecule has 2 unspecified atom stereocenters. The molecule has 112 valence electrons. The van der Waals surface area contributed by atoms with Crippen LogP contribution in [0.3, 0.4) is 0 Å². The van der Waals surface area contributed by atoms with E-state index in [1.807, 2.05) is 12.3 Å². The quantitative estimate of drug-likeness (QED) is 0.827. The van der Waals surface area contributed by atoms with Crippen molar-refractivity contribution in [3.05, 3.63) is 16.1 Å². The van der Waals surface area contributed by atoms with Crippen molar-refractivity contribution in [1.29, 1.82) is 0 Å². The average molecular weight is 297 g/mol. The third-order valence-corrected chi connectivity index (χ3v) is 4.56. The van der Waals surface area contributed by atoms with E-state index >= 15 is 0 Å². The van der Waals surface area contributed by atoms with Crippen molar-refractivity contribution in [1.82, 2.24) is 15.2 Å². The van der Waals surface area contributed by atoms with Gasteiger partial charge in [-0.15, -0.1) is 11.3 Å². The van der Waals surface area contributed by atoms with Crippen LogP contribution in [0.25, 0.3) is 0 Å². The van der Waals surface area contributed by atoms with Gasteiger partial charge in [0.25, 0.3) is 0 Å². The summed E-state index contributed by atoms with van der Waals surface area (Å²) in [6.45, 7) is 3.74. The van der Waals surface area contributed by atoms with E-state index in [0.717, 1.165) is 36.6 Å². The summed E-state index contributed by atoms with van der Waals surface area (Å²) >= 11 is 1.54. The Hall–Kier alpha value is -0.980. The van der Waals surface area contributed by atoms with Gasteiger partial charge in [0.15, 0.2) is 0 Å². The first-order valence-electron chi connectivity index (χ1n) is 7.14. The Morgan fingerprint density at radius 3 is 3.20 bits per heavy atom. The minimum Gasteiger partial charge on any atom is -0.393 e. The van der Waals surface area contributed by atoms with Crippen LogP contribution in [0.15, 0.2) is 5.38 Å². The summed E-state index contributed by atoms with van der Waals surface area (Å²) in [4.78, 5) is 18.2. The lowest BCUT2D eigenvalue weighted by Crippen LogP contribution is -2.31. The number of nitrogens with one attached hydrogen (secondary N) is 1. The predicted molar refractivity (Wildman–Crippen MR) is 79.6 cm³/mol. The lowest BCUT2D eigenvalue weighted by molar-refractivity contribution is -0.119. The van der Waals surface area contributed by atoms with Crippen LogP contribution >= 0.6 is 11.3 Å². The molecular weight excluding hydrogens is 274 g/mol. The molecule has 1 saturated heterocycles. The molecule has 5 nitrogen and oxygen atoms in total. The third kappa shape index (κ3) is 4.26. The first-order chi connectivity index (χ1) is 9.58. The number of likely N-dealkylation sites (tertiary alicyclic amines) is 1. The summed E-state index contributed by atoms with van der Waals surface area (Å²) in [5, 5.41) is 15.1. The number of carbonyl (C=O) groups is 1. The highest BCUT2D eigenvalue weighted by atomic mass is 32.1. The number of hydrogen-bond donors (Lipinski definition) is 2. The van der Waals surface area contributed by atoms with Crippen LogP contribution in [0.2, 0.25) is 0 Å². The molecule has 1 aliphatic rings. The van der Waals surface area contributed by atoms with E-state index in [-0.39, 0.29) is 12.0 Å². The summed E-state index contributed by atoms with van der Waals surface area (Å²) in [7, 11) is 1.64. The minimum atomic E-state index is -0.250. The molecule has 2 N–H and O–H groups in total. The Bertz CT molecular complexity index is 447. The molecule has 1 aromatic heterocycles. The van der Waals surface area contributed by atoms with Crippen LogP contribution in [-0.4, -0.2) is 46.6 Å². The number of nitrogens with zero attached hydrogens (tertiary/aromatic N) is 2.